The zero-order chi connectivity index (χ0) is 19.4. The molecule has 6 heteroatoms. The lowest BCUT2D eigenvalue weighted by Crippen LogP contribution is -2.31. The van der Waals surface area contributed by atoms with Gasteiger partial charge < -0.3 is 10.2 Å². The standard InChI is InChI=1S/C21H24FN3O2/c1-15-3-9-19(10-4-15)25-12-17(11-24(2)13-20(27)14-26)21(23-25)16-5-7-18(22)8-6-16/h3-10,12,20,26-27H,11,13-14H2,1-2H3/t20-/m0/s1. The van der Waals surface area contributed by atoms with Crippen molar-refractivity contribution in [2.45, 2.75) is 19.6 Å². The van der Waals surface area contributed by atoms with Crippen molar-refractivity contribution >= 4 is 0 Å². The zero-order valence-corrected chi connectivity index (χ0v) is 15.5. The predicted octanol–water partition coefficient (Wildman–Crippen LogP) is 2.77. The van der Waals surface area contributed by atoms with Crippen molar-refractivity contribution in [3.05, 3.63) is 71.7 Å². The molecule has 0 aliphatic carbocycles. The zero-order valence-electron chi connectivity index (χ0n) is 15.5. The topological polar surface area (TPSA) is 61.5 Å². The van der Waals surface area contributed by atoms with E-state index < -0.39 is 6.10 Å². The van der Waals surface area contributed by atoms with E-state index in [0.717, 1.165) is 22.5 Å². The van der Waals surface area contributed by atoms with Crippen LogP contribution in [0.25, 0.3) is 16.9 Å². The number of aliphatic hydroxyl groups excluding tert-OH is 2. The Hall–Kier alpha value is -2.54. The largest absolute Gasteiger partial charge is 0.394 e. The quantitative estimate of drug-likeness (QED) is 0.672. The number of hydrogen-bond acceptors (Lipinski definition) is 4. The van der Waals surface area contributed by atoms with Gasteiger partial charge in [-0.25, -0.2) is 9.07 Å². The van der Waals surface area contributed by atoms with Crippen LogP contribution >= 0.6 is 0 Å². The van der Waals surface area contributed by atoms with Gasteiger partial charge in [-0.3, -0.25) is 4.90 Å². The number of hydrogen-bond donors (Lipinski definition) is 2. The second-order valence-corrected chi connectivity index (χ2v) is 6.82. The fourth-order valence-electron chi connectivity index (χ4n) is 2.98. The molecule has 2 N–H and O–H groups in total. The lowest BCUT2D eigenvalue weighted by molar-refractivity contribution is 0.0648. The van der Waals surface area contributed by atoms with Gasteiger partial charge in [0.1, 0.15) is 5.82 Å². The lowest BCUT2D eigenvalue weighted by Gasteiger charge is -2.19. The van der Waals surface area contributed by atoms with E-state index in [1.807, 2.05) is 54.0 Å². The van der Waals surface area contributed by atoms with Gasteiger partial charge in [0.25, 0.3) is 0 Å². The molecule has 2 aromatic carbocycles. The maximum Gasteiger partial charge on any atom is 0.123 e. The molecule has 0 spiro atoms. The van der Waals surface area contributed by atoms with Crippen LogP contribution < -0.4 is 0 Å². The summed E-state index contributed by atoms with van der Waals surface area (Å²) in [6.07, 6.45) is 1.15. The summed E-state index contributed by atoms with van der Waals surface area (Å²) < 4.78 is 15.1. The first-order valence-corrected chi connectivity index (χ1v) is 8.85. The van der Waals surface area contributed by atoms with E-state index >= 15 is 0 Å². The Labute approximate surface area is 158 Å². The van der Waals surface area contributed by atoms with E-state index in [0.29, 0.717) is 13.1 Å². The molecule has 0 aliphatic heterocycles. The number of nitrogens with zero attached hydrogens (tertiary/aromatic N) is 3. The van der Waals surface area contributed by atoms with Gasteiger partial charge in [-0.05, 0) is 50.4 Å². The van der Waals surface area contributed by atoms with Crippen LogP contribution in [0.5, 0.6) is 0 Å². The number of halogens is 1. The van der Waals surface area contributed by atoms with Gasteiger partial charge in [-0.1, -0.05) is 17.7 Å². The molecular weight excluding hydrogens is 345 g/mol. The molecule has 142 valence electrons. The number of aliphatic hydroxyl groups is 2. The van der Waals surface area contributed by atoms with E-state index in [9.17, 15) is 9.50 Å². The van der Waals surface area contributed by atoms with Crippen LogP contribution in [0.4, 0.5) is 4.39 Å². The van der Waals surface area contributed by atoms with Gasteiger partial charge >= 0.3 is 0 Å². The molecular formula is C21H24FN3O2. The molecule has 0 saturated heterocycles. The molecule has 27 heavy (non-hydrogen) atoms. The minimum Gasteiger partial charge on any atom is -0.394 e. The van der Waals surface area contributed by atoms with Gasteiger partial charge in [-0.15, -0.1) is 0 Å². The maximum absolute atomic E-state index is 13.3. The fourth-order valence-corrected chi connectivity index (χ4v) is 2.98. The van der Waals surface area contributed by atoms with E-state index in [4.69, 9.17) is 10.2 Å². The smallest absolute Gasteiger partial charge is 0.123 e. The normalized spacial score (nSPS) is 12.5. The molecule has 0 aliphatic rings. The number of benzene rings is 2. The molecule has 0 radical (unpaired) electrons. The van der Waals surface area contributed by atoms with Crippen molar-refractivity contribution in [2.24, 2.45) is 0 Å². The summed E-state index contributed by atoms with van der Waals surface area (Å²) in [6, 6.07) is 14.3. The van der Waals surface area contributed by atoms with Gasteiger partial charge in [0, 0.05) is 30.4 Å². The average molecular weight is 369 g/mol. The van der Waals surface area contributed by atoms with Crippen molar-refractivity contribution in [1.82, 2.24) is 14.7 Å². The van der Waals surface area contributed by atoms with Crippen LogP contribution in [0.2, 0.25) is 0 Å². The Kier molecular flexibility index (Phi) is 6.01. The molecule has 0 saturated carbocycles. The predicted molar refractivity (Wildman–Crippen MR) is 103 cm³/mol. The molecule has 1 atom stereocenters. The van der Waals surface area contributed by atoms with E-state index in [1.165, 1.54) is 17.7 Å². The third kappa shape index (κ3) is 4.80. The van der Waals surface area contributed by atoms with E-state index in [2.05, 4.69) is 0 Å². The molecule has 0 unspecified atom stereocenters. The highest BCUT2D eigenvalue weighted by Crippen LogP contribution is 2.25. The molecule has 3 aromatic rings. The number of aryl methyl sites for hydroxylation is 1. The number of rotatable bonds is 7. The third-order valence-electron chi connectivity index (χ3n) is 4.38. The van der Waals surface area contributed by atoms with Gasteiger partial charge in [-0.2, -0.15) is 5.10 Å². The highest BCUT2D eigenvalue weighted by molar-refractivity contribution is 5.63. The molecule has 0 bridgehead atoms. The molecule has 1 heterocycles. The van der Waals surface area contributed by atoms with E-state index in [1.54, 1.807) is 12.1 Å². The first kappa shape index (κ1) is 19.2. The summed E-state index contributed by atoms with van der Waals surface area (Å²) in [7, 11) is 1.87. The van der Waals surface area contributed by atoms with Crippen molar-refractivity contribution in [3.63, 3.8) is 0 Å². The summed E-state index contributed by atoms with van der Waals surface area (Å²) in [5.41, 5.74) is 4.65. The SMILES string of the molecule is Cc1ccc(-n2cc(CN(C)C[C@H](O)CO)c(-c3ccc(F)cc3)n2)cc1. The van der Waals surface area contributed by atoms with Crippen molar-refractivity contribution in [3.8, 4) is 16.9 Å². The van der Waals surface area contributed by atoms with E-state index in [-0.39, 0.29) is 12.4 Å². The molecule has 0 fully saturated rings. The summed E-state index contributed by atoms with van der Waals surface area (Å²) in [6.45, 7) is 2.63. The highest BCUT2D eigenvalue weighted by atomic mass is 19.1. The fraction of sp³-hybridized carbons (Fsp3) is 0.286. The Morgan fingerprint density at radius 2 is 1.78 bits per heavy atom. The minimum atomic E-state index is -0.795. The monoisotopic (exact) mass is 369 g/mol. The molecule has 5 nitrogen and oxygen atoms in total. The van der Waals surface area contributed by atoms with Crippen LogP contribution in [-0.4, -0.2) is 51.2 Å². The van der Waals surface area contributed by atoms with Crippen LogP contribution in [0.15, 0.2) is 54.7 Å². The van der Waals surface area contributed by atoms with Crippen molar-refractivity contribution in [1.29, 1.82) is 0 Å². The lowest BCUT2D eigenvalue weighted by atomic mass is 10.1. The van der Waals surface area contributed by atoms with Gasteiger partial charge in [0.15, 0.2) is 0 Å². The summed E-state index contributed by atoms with van der Waals surface area (Å²) >= 11 is 0. The Bertz CT molecular complexity index is 875. The maximum atomic E-state index is 13.3. The second kappa shape index (κ2) is 8.43. The summed E-state index contributed by atoms with van der Waals surface area (Å²) in [5.74, 6) is -0.290. The minimum absolute atomic E-state index is 0.280. The van der Waals surface area contributed by atoms with Crippen LogP contribution in [-0.2, 0) is 6.54 Å². The number of likely N-dealkylation sites (N-methyl/N-ethyl adjacent to an activating group) is 1. The van der Waals surface area contributed by atoms with Crippen LogP contribution in [0.1, 0.15) is 11.1 Å². The highest BCUT2D eigenvalue weighted by Gasteiger charge is 2.16. The van der Waals surface area contributed by atoms with Gasteiger partial charge in [0.2, 0.25) is 0 Å². The second-order valence-electron chi connectivity index (χ2n) is 6.82. The average Bonchev–Trinajstić information content (AvgIpc) is 3.06. The van der Waals surface area contributed by atoms with Gasteiger partial charge in [0.05, 0.1) is 24.1 Å². The molecule has 1 aromatic heterocycles. The first-order chi connectivity index (χ1) is 13.0. The van der Waals surface area contributed by atoms with Crippen molar-refractivity contribution in [2.75, 3.05) is 20.2 Å². The van der Waals surface area contributed by atoms with Crippen LogP contribution in [0, 0.1) is 12.7 Å². The number of aromatic nitrogens is 2. The molecule has 3 rings (SSSR count). The summed E-state index contributed by atoms with van der Waals surface area (Å²) in [4.78, 5) is 1.92. The summed E-state index contributed by atoms with van der Waals surface area (Å²) in [5, 5.41) is 23.5. The third-order valence-corrected chi connectivity index (χ3v) is 4.38. The Morgan fingerprint density at radius 3 is 2.41 bits per heavy atom. The van der Waals surface area contributed by atoms with Crippen LogP contribution in [0.3, 0.4) is 0 Å². The Balaban J connectivity index is 1.96. The Morgan fingerprint density at radius 1 is 1.11 bits per heavy atom. The first-order valence-electron chi connectivity index (χ1n) is 8.85. The molecule has 0 amide bonds. The van der Waals surface area contributed by atoms with Crippen molar-refractivity contribution < 1.29 is 14.6 Å².